The van der Waals surface area contributed by atoms with E-state index in [9.17, 15) is 9.18 Å². The van der Waals surface area contributed by atoms with Crippen molar-refractivity contribution in [3.63, 3.8) is 0 Å². The molecular formula is C16H13FN2O2. The number of halogens is 1. The highest BCUT2D eigenvalue weighted by Gasteiger charge is 2.23. The highest BCUT2D eigenvalue weighted by atomic mass is 19.1. The zero-order valence-electron chi connectivity index (χ0n) is 11.2. The molecule has 0 atom stereocenters. The summed E-state index contributed by atoms with van der Waals surface area (Å²) in [6.07, 6.45) is 2.55. The van der Waals surface area contributed by atoms with Gasteiger partial charge in [0.1, 0.15) is 5.82 Å². The van der Waals surface area contributed by atoms with E-state index in [1.165, 1.54) is 12.1 Å². The Morgan fingerprint density at radius 3 is 2.90 bits per heavy atom. The van der Waals surface area contributed by atoms with Gasteiger partial charge < -0.3 is 5.11 Å². The first-order chi connectivity index (χ1) is 10.1. The number of carboxylic acid groups (broad SMARTS) is 1. The van der Waals surface area contributed by atoms with E-state index >= 15 is 0 Å². The van der Waals surface area contributed by atoms with E-state index in [1.807, 2.05) is 6.07 Å². The standard InChI is InChI=1S/C16H13FN2O2/c17-12-3-4-14-10(7-12)6-11(8-16(20)21)15(14)9-13-2-1-5-18-19-13/h1-5,7H,6,8-9H2,(H,20,21). The highest BCUT2D eigenvalue weighted by molar-refractivity contribution is 5.82. The molecule has 106 valence electrons. The van der Waals surface area contributed by atoms with Crippen LogP contribution in [0.4, 0.5) is 4.39 Å². The molecule has 2 aromatic rings. The van der Waals surface area contributed by atoms with Gasteiger partial charge in [0.25, 0.3) is 0 Å². The molecule has 1 N–H and O–H groups in total. The van der Waals surface area contributed by atoms with Crippen molar-refractivity contribution < 1.29 is 14.3 Å². The number of carbonyl (C=O) groups is 1. The van der Waals surface area contributed by atoms with Crippen LogP contribution in [-0.4, -0.2) is 21.3 Å². The molecule has 0 spiro atoms. The molecule has 0 unspecified atom stereocenters. The van der Waals surface area contributed by atoms with Gasteiger partial charge in [-0.3, -0.25) is 4.79 Å². The fraction of sp³-hybridized carbons (Fsp3) is 0.188. The molecule has 0 saturated heterocycles. The van der Waals surface area contributed by atoms with Gasteiger partial charge >= 0.3 is 5.97 Å². The van der Waals surface area contributed by atoms with Crippen molar-refractivity contribution in [1.29, 1.82) is 0 Å². The normalized spacial score (nSPS) is 13.4. The van der Waals surface area contributed by atoms with Crippen molar-refractivity contribution in [1.82, 2.24) is 10.2 Å². The monoisotopic (exact) mass is 284 g/mol. The quantitative estimate of drug-likeness (QED) is 0.937. The first kappa shape index (κ1) is 13.4. The van der Waals surface area contributed by atoms with E-state index in [2.05, 4.69) is 10.2 Å². The van der Waals surface area contributed by atoms with Crippen LogP contribution in [0.15, 0.2) is 42.1 Å². The Kier molecular flexibility index (Phi) is 3.48. The van der Waals surface area contributed by atoms with Crippen LogP contribution < -0.4 is 0 Å². The Labute approximate surface area is 121 Å². The number of benzene rings is 1. The number of allylic oxidation sites excluding steroid dienone is 1. The Bertz CT molecular complexity index is 726. The van der Waals surface area contributed by atoms with Gasteiger partial charge in [-0.2, -0.15) is 10.2 Å². The molecule has 1 aliphatic carbocycles. The number of carboxylic acids is 1. The lowest BCUT2D eigenvalue weighted by molar-refractivity contribution is -0.136. The lowest BCUT2D eigenvalue weighted by Gasteiger charge is -2.07. The second kappa shape index (κ2) is 5.44. The van der Waals surface area contributed by atoms with Crippen molar-refractivity contribution in [2.24, 2.45) is 0 Å². The van der Waals surface area contributed by atoms with Crippen LogP contribution in [0.2, 0.25) is 0 Å². The van der Waals surface area contributed by atoms with E-state index < -0.39 is 5.97 Å². The average molecular weight is 284 g/mol. The number of hydrogen-bond acceptors (Lipinski definition) is 3. The third-order valence-corrected chi connectivity index (χ3v) is 3.57. The molecule has 5 heteroatoms. The SMILES string of the molecule is O=C(O)CC1=C(Cc2cccnn2)c2ccc(F)cc2C1. The molecule has 0 amide bonds. The van der Waals surface area contributed by atoms with Crippen LogP contribution >= 0.6 is 0 Å². The second-order valence-corrected chi connectivity index (χ2v) is 5.02. The maximum absolute atomic E-state index is 13.3. The molecule has 3 rings (SSSR count). The number of aliphatic carboxylic acids is 1. The van der Waals surface area contributed by atoms with Gasteiger partial charge in [0.2, 0.25) is 0 Å². The zero-order chi connectivity index (χ0) is 14.8. The van der Waals surface area contributed by atoms with Crippen molar-refractivity contribution in [3.8, 4) is 0 Å². The molecule has 1 aliphatic rings. The van der Waals surface area contributed by atoms with Gasteiger partial charge in [0, 0.05) is 12.6 Å². The number of rotatable bonds is 4. The summed E-state index contributed by atoms with van der Waals surface area (Å²) in [7, 11) is 0. The summed E-state index contributed by atoms with van der Waals surface area (Å²) in [6, 6.07) is 8.23. The third kappa shape index (κ3) is 2.81. The summed E-state index contributed by atoms with van der Waals surface area (Å²) < 4.78 is 13.3. The number of hydrogen-bond donors (Lipinski definition) is 1. The molecule has 21 heavy (non-hydrogen) atoms. The van der Waals surface area contributed by atoms with Crippen molar-refractivity contribution in [2.45, 2.75) is 19.3 Å². The molecule has 4 nitrogen and oxygen atoms in total. The minimum Gasteiger partial charge on any atom is -0.481 e. The van der Waals surface area contributed by atoms with Crippen molar-refractivity contribution >= 4 is 11.5 Å². The van der Waals surface area contributed by atoms with Gasteiger partial charge in [0.15, 0.2) is 0 Å². The average Bonchev–Trinajstić information content (AvgIpc) is 2.76. The van der Waals surface area contributed by atoms with Gasteiger partial charge in [-0.15, -0.1) is 0 Å². The predicted octanol–water partition coefficient (Wildman–Crippen LogP) is 2.64. The lowest BCUT2D eigenvalue weighted by atomic mass is 9.99. The summed E-state index contributed by atoms with van der Waals surface area (Å²) in [5.74, 6) is -1.18. The molecule has 1 aromatic heterocycles. The molecule has 1 heterocycles. The fourth-order valence-corrected chi connectivity index (χ4v) is 2.71. The summed E-state index contributed by atoms with van der Waals surface area (Å²) in [5, 5.41) is 16.9. The van der Waals surface area contributed by atoms with E-state index in [0.717, 1.165) is 28.0 Å². The Morgan fingerprint density at radius 2 is 2.19 bits per heavy atom. The fourth-order valence-electron chi connectivity index (χ4n) is 2.71. The van der Waals surface area contributed by atoms with Gasteiger partial charge in [-0.05, 0) is 47.4 Å². The summed E-state index contributed by atoms with van der Waals surface area (Å²) >= 11 is 0. The van der Waals surface area contributed by atoms with Crippen LogP contribution in [0.25, 0.3) is 5.57 Å². The largest absolute Gasteiger partial charge is 0.481 e. The first-order valence-corrected chi connectivity index (χ1v) is 6.61. The first-order valence-electron chi connectivity index (χ1n) is 6.61. The molecule has 0 fully saturated rings. The lowest BCUT2D eigenvalue weighted by Crippen LogP contribution is -2.00. The summed E-state index contributed by atoms with van der Waals surface area (Å²) in [4.78, 5) is 11.0. The molecule has 0 radical (unpaired) electrons. The highest BCUT2D eigenvalue weighted by Crippen LogP contribution is 2.36. The number of nitrogens with zero attached hydrogens (tertiary/aromatic N) is 2. The van der Waals surface area contributed by atoms with Crippen LogP contribution in [-0.2, 0) is 17.6 Å². The smallest absolute Gasteiger partial charge is 0.307 e. The van der Waals surface area contributed by atoms with Crippen LogP contribution in [0.3, 0.4) is 0 Å². The minimum absolute atomic E-state index is 0.0358. The minimum atomic E-state index is -0.880. The maximum atomic E-state index is 13.3. The Balaban J connectivity index is 2.00. The van der Waals surface area contributed by atoms with Gasteiger partial charge in [0.05, 0.1) is 12.1 Å². The maximum Gasteiger partial charge on any atom is 0.307 e. The van der Waals surface area contributed by atoms with Gasteiger partial charge in [-0.1, -0.05) is 11.6 Å². The molecule has 1 aromatic carbocycles. The van der Waals surface area contributed by atoms with Crippen LogP contribution in [0.1, 0.15) is 23.2 Å². The van der Waals surface area contributed by atoms with Crippen LogP contribution in [0.5, 0.6) is 0 Å². The Morgan fingerprint density at radius 1 is 1.33 bits per heavy atom. The van der Waals surface area contributed by atoms with E-state index in [4.69, 9.17) is 5.11 Å². The number of aromatic nitrogens is 2. The molecule has 0 bridgehead atoms. The summed E-state index contributed by atoms with van der Waals surface area (Å²) in [5.41, 5.74) is 4.26. The van der Waals surface area contributed by atoms with E-state index in [1.54, 1.807) is 18.3 Å². The van der Waals surface area contributed by atoms with Gasteiger partial charge in [-0.25, -0.2) is 4.39 Å². The zero-order valence-corrected chi connectivity index (χ0v) is 11.2. The van der Waals surface area contributed by atoms with Crippen molar-refractivity contribution in [2.75, 3.05) is 0 Å². The number of fused-ring (bicyclic) bond motifs is 1. The van der Waals surface area contributed by atoms with E-state index in [-0.39, 0.29) is 12.2 Å². The topological polar surface area (TPSA) is 63.1 Å². The van der Waals surface area contributed by atoms with E-state index in [0.29, 0.717) is 12.8 Å². The third-order valence-electron chi connectivity index (χ3n) is 3.57. The Hall–Kier alpha value is -2.56. The van der Waals surface area contributed by atoms with Crippen LogP contribution in [0, 0.1) is 5.82 Å². The molecule has 0 aliphatic heterocycles. The summed E-state index contributed by atoms with van der Waals surface area (Å²) in [6.45, 7) is 0. The van der Waals surface area contributed by atoms with Crippen molar-refractivity contribution in [3.05, 3.63) is 64.7 Å². The molecule has 0 saturated carbocycles. The predicted molar refractivity (Wildman–Crippen MR) is 75.0 cm³/mol. The second-order valence-electron chi connectivity index (χ2n) is 5.02. The molecular weight excluding hydrogens is 271 g/mol.